The van der Waals surface area contributed by atoms with Gasteiger partial charge in [0, 0.05) is 23.9 Å². The quantitative estimate of drug-likeness (QED) is 0.635. The molecule has 1 aromatic rings. The van der Waals surface area contributed by atoms with Crippen LogP contribution >= 0.6 is 10.7 Å². The molecule has 0 atom stereocenters. The van der Waals surface area contributed by atoms with Gasteiger partial charge >= 0.3 is 5.97 Å². The number of carbonyl (C=O) groups is 1. The summed E-state index contributed by atoms with van der Waals surface area (Å²) < 4.78 is 29.2. The maximum Gasteiger partial charge on any atom is 0.355 e. The fourth-order valence-corrected chi connectivity index (χ4v) is 3.05. The Labute approximate surface area is 116 Å². The molecule has 106 valence electrons. The Morgan fingerprint density at radius 1 is 1.37 bits per heavy atom. The molecule has 1 aliphatic rings. The fourth-order valence-electron chi connectivity index (χ4n) is 2.27. The molecule has 0 amide bonds. The summed E-state index contributed by atoms with van der Waals surface area (Å²) in [5.74, 6) is -0.499. The highest BCUT2D eigenvalue weighted by Gasteiger charge is 2.23. The second kappa shape index (κ2) is 5.54. The summed E-state index contributed by atoms with van der Waals surface area (Å²) in [6.07, 6.45) is 6.28. The molecule has 0 N–H and O–H groups in total. The summed E-state index contributed by atoms with van der Waals surface area (Å²) in [5.41, 5.74) is 0.199. The van der Waals surface area contributed by atoms with Gasteiger partial charge in [0.1, 0.15) is 16.7 Å². The predicted octanol–water partition coefficient (Wildman–Crippen LogP) is 2.44. The van der Waals surface area contributed by atoms with Gasteiger partial charge in [0.15, 0.2) is 0 Å². The van der Waals surface area contributed by atoms with Crippen LogP contribution in [-0.2, 0) is 20.8 Å². The molecule has 0 spiro atoms. The zero-order chi connectivity index (χ0) is 14.0. The van der Waals surface area contributed by atoms with Crippen molar-refractivity contribution in [2.75, 3.05) is 0 Å². The first-order chi connectivity index (χ1) is 8.88. The van der Waals surface area contributed by atoms with Crippen LogP contribution < -0.4 is 0 Å². The van der Waals surface area contributed by atoms with Gasteiger partial charge in [0.2, 0.25) is 0 Å². The second-order valence-corrected chi connectivity index (χ2v) is 7.34. The molecule has 0 bridgehead atoms. The van der Waals surface area contributed by atoms with Gasteiger partial charge < -0.3 is 9.30 Å². The maximum atomic E-state index is 12.0. The highest BCUT2D eigenvalue weighted by Crippen LogP contribution is 2.23. The summed E-state index contributed by atoms with van der Waals surface area (Å²) in [6, 6.07) is 1.24. The molecular formula is C12H16ClNO4S. The van der Waals surface area contributed by atoms with Crippen LogP contribution in [-0.4, -0.2) is 25.1 Å². The van der Waals surface area contributed by atoms with Gasteiger partial charge in [-0.25, -0.2) is 13.2 Å². The lowest BCUT2D eigenvalue weighted by Crippen LogP contribution is -2.22. The summed E-state index contributed by atoms with van der Waals surface area (Å²) in [6.45, 7) is 0. The largest absolute Gasteiger partial charge is 0.458 e. The molecule has 0 radical (unpaired) electrons. The van der Waals surface area contributed by atoms with Crippen LogP contribution in [0.2, 0.25) is 0 Å². The Hall–Kier alpha value is -1.01. The number of esters is 1. The number of carbonyl (C=O) groups excluding carboxylic acids is 1. The van der Waals surface area contributed by atoms with E-state index in [1.54, 1.807) is 7.05 Å². The normalized spacial score (nSPS) is 17.4. The van der Waals surface area contributed by atoms with Gasteiger partial charge in [0.05, 0.1) is 0 Å². The van der Waals surface area contributed by atoms with Crippen molar-refractivity contribution in [3.8, 4) is 0 Å². The van der Waals surface area contributed by atoms with E-state index in [1.807, 2.05) is 0 Å². The third-order valence-corrected chi connectivity index (χ3v) is 4.62. The van der Waals surface area contributed by atoms with Crippen molar-refractivity contribution in [1.29, 1.82) is 0 Å². The van der Waals surface area contributed by atoms with Gasteiger partial charge in [-0.15, -0.1) is 0 Å². The lowest BCUT2D eigenvalue weighted by atomic mass is 9.98. The summed E-state index contributed by atoms with van der Waals surface area (Å²) >= 11 is 0. The van der Waals surface area contributed by atoms with E-state index in [4.69, 9.17) is 15.4 Å². The van der Waals surface area contributed by atoms with Crippen molar-refractivity contribution in [2.24, 2.45) is 7.05 Å². The smallest absolute Gasteiger partial charge is 0.355 e. The van der Waals surface area contributed by atoms with E-state index < -0.39 is 15.0 Å². The van der Waals surface area contributed by atoms with Crippen LogP contribution in [0.3, 0.4) is 0 Å². The zero-order valence-corrected chi connectivity index (χ0v) is 12.2. The molecule has 1 saturated carbocycles. The predicted molar refractivity (Wildman–Crippen MR) is 70.7 cm³/mol. The topological polar surface area (TPSA) is 65.4 Å². The first-order valence-corrected chi connectivity index (χ1v) is 8.51. The van der Waals surface area contributed by atoms with E-state index in [1.165, 1.54) is 23.3 Å². The van der Waals surface area contributed by atoms with Crippen LogP contribution in [0, 0.1) is 0 Å². The molecule has 2 rings (SSSR count). The molecule has 19 heavy (non-hydrogen) atoms. The Morgan fingerprint density at radius 2 is 2.00 bits per heavy atom. The van der Waals surface area contributed by atoms with Gasteiger partial charge in [-0.3, -0.25) is 0 Å². The van der Waals surface area contributed by atoms with Gasteiger partial charge in [-0.1, -0.05) is 6.42 Å². The van der Waals surface area contributed by atoms with Crippen molar-refractivity contribution in [3.05, 3.63) is 18.0 Å². The van der Waals surface area contributed by atoms with Crippen LogP contribution in [0.4, 0.5) is 0 Å². The molecule has 1 aromatic heterocycles. The van der Waals surface area contributed by atoms with Crippen LogP contribution in [0.5, 0.6) is 0 Å². The number of ether oxygens (including phenoxy) is 1. The Balaban J connectivity index is 2.12. The van der Waals surface area contributed by atoms with Crippen molar-refractivity contribution < 1.29 is 17.9 Å². The van der Waals surface area contributed by atoms with Crippen molar-refractivity contribution in [1.82, 2.24) is 4.57 Å². The number of halogens is 1. The number of aryl methyl sites for hydroxylation is 1. The standard InChI is InChI=1S/C12H16ClNO4S/c1-14-8-10(19(13,16)17)7-11(14)12(15)18-9-5-3-2-4-6-9/h7-9H,2-6H2,1H3. The van der Waals surface area contributed by atoms with Crippen LogP contribution in [0.15, 0.2) is 17.2 Å². The fraction of sp³-hybridized carbons (Fsp3) is 0.583. The lowest BCUT2D eigenvalue weighted by molar-refractivity contribution is 0.0200. The third kappa shape index (κ3) is 3.51. The second-order valence-electron chi connectivity index (χ2n) is 4.78. The van der Waals surface area contributed by atoms with E-state index in [2.05, 4.69) is 0 Å². The molecule has 7 heteroatoms. The van der Waals surface area contributed by atoms with E-state index >= 15 is 0 Å². The molecular weight excluding hydrogens is 290 g/mol. The van der Waals surface area contributed by atoms with Crippen molar-refractivity contribution >= 4 is 25.7 Å². The highest BCUT2D eigenvalue weighted by molar-refractivity contribution is 8.13. The summed E-state index contributed by atoms with van der Waals surface area (Å²) in [5, 5.41) is 0. The summed E-state index contributed by atoms with van der Waals surface area (Å²) in [4.78, 5) is 11.9. The van der Waals surface area contributed by atoms with Gasteiger partial charge in [-0.05, 0) is 31.7 Å². The molecule has 1 aliphatic carbocycles. The van der Waals surface area contributed by atoms with E-state index in [0.29, 0.717) is 0 Å². The zero-order valence-electron chi connectivity index (χ0n) is 10.6. The highest BCUT2D eigenvalue weighted by atomic mass is 35.7. The van der Waals surface area contributed by atoms with Crippen molar-refractivity contribution in [3.63, 3.8) is 0 Å². The number of hydrogen-bond donors (Lipinski definition) is 0. The van der Waals surface area contributed by atoms with Gasteiger partial charge in [-0.2, -0.15) is 0 Å². The van der Waals surface area contributed by atoms with E-state index in [-0.39, 0.29) is 16.7 Å². The van der Waals surface area contributed by atoms with Crippen LogP contribution in [0.25, 0.3) is 0 Å². The van der Waals surface area contributed by atoms with E-state index in [9.17, 15) is 13.2 Å². The molecule has 5 nitrogen and oxygen atoms in total. The number of aromatic nitrogens is 1. The molecule has 0 unspecified atom stereocenters. The first-order valence-electron chi connectivity index (χ1n) is 6.20. The Morgan fingerprint density at radius 3 is 2.53 bits per heavy atom. The minimum Gasteiger partial charge on any atom is -0.458 e. The minimum absolute atomic E-state index is 0.0628. The van der Waals surface area contributed by atoms with E-state index in [0.717, 1.165) is 25.7 Å². The number of rotatable bonds is 3. The monoisotopic (exact) mass is 305 g/mol. The lowest BCUT2D eigenvalue weighted by Gasteiger charge is -2.21. The first kappa shape index (κ1) is 14.4. The third-order valence-electron chi connectivity index (χ3n) is 3.30. The maximum absolute atomic E-state index is 12.0. The Kier molecular flexibility index (Phi) is 4.20. The molecule has 0 saturated heterocycles. The van der Waals surface area contributed by atoms with Gasteiger partial charge in [0.25, 0.3) is 9.05 Å². The molecule has 0 aliphatic heterocycles. The van der Waals surface area contributed by atoms with Crippen LogP contribution in [0.1, 0.15) is 42.6 Å². The summed E-state index contributed by atoms with van der Waals surface area (Å²) in [7, 11) is 3.01. The van der Waals surface area contributed by atoms with Crippen molar-refractivity contribution in [2.45, 2.75) is 43.1 Å². The number of hydrogen-bond acceptors (Lipinski definition) is 4. The number of nitrogens with zero attached hydrogens (tertiary/aromatic N) is 1. The average Bonchev–Trinajstić information content (AvgIpc) is 2.72. The average molecular weight is 306 g/mol. The SMILES string of the molecule is Cn1cc(S(=O)(=O)Cl)cc1C(=O)OC1CCCCC1. The molecule has 1 heterocycles. The minimum atomic E-state index is -3.83. The molecule has 1 fully saturated rings. The Bertz CT molecular complexity index is 573. The molecule has 0 aromatic carbocycles.